The number of hydrogen-bond acceptors (Lipinski definition) is 5. The van der Waals surface area contributed by atoms with Gasteiger partial charge in [0.05, 0.1) is 6.10 Å². The molecule has 1 aromatic heterocycles. The zero-order chi connectivity index (χ0) is 16.4. The van der Waals surface area contributed by atoms with Gasteiger partial charge in [0.15, 0.2) is 0 Å². The van der Waals surface area contributed by atoms with Gasteiger partial charge in [0, 0.05) is 25.3 Å². The number of amides is 1. The standard InChI is InChI=1S/C18H21N3O3/c22-18(17-19-16(20-24-17)14-4-2-1-3-5-14)21-10-8-15(9-11-21)23-12-13-6-7-13/h1-5,13,15H,6-12H2. The second-order valence-electron chi connectivity index (χ2n) is 6.56. The van der Waals surface area contributed by atoms with Crippen LogP contribution in [0.5, 0.6) is 0 Å². The summed E-state index contributed by atoms with van der Waals surface area (Å²) in [5, 5.41) is 3.91. The van der Waals surface area contributed by atoms with Gasteiger partial charge in [-0.25, -0.2) is 0 Å². The molecule has 2 heterocycles. The molecule has 1 aliphatic carbocycles. The molecule has 0 N–H and O–H groups in total. The molecule has 0 bridgehead atoms. The van der Waals surface area contributed by atoms with Gasteiger partial charge in [-0.2, -0.15) is 4.98 Å². The van der Waals surface area contributed by atoms with E-state index in [1.165, 1.54) is 12.8 Å². The van der Waals surface area contributed by atoms with Crippen LogP contribution in [0.25, 0.3) is 11.4 Å². The summed E-state index contributed by atoms with van der Waals surface area (Å²) in [4.78, 5) is 18.5. The van der Waals surface area contributed by atoms with Gasteiger partial charge < -0.3 is 14.2 Å². The maximum Gasteiger partial charge on any atom is 0.316 e. The highest BCUT2D eigenvalue weighted by Gasteiger charge is 2.29. The molecule has 1 amide bonds. The highest BCUT2D eigenvalue weighted by molar-refractivity contribution is 5.90. The first-order valence-corrected chi connectivity index (χ1v) is 8.59. The van der Waals surface area contributed by atoms with Crippen LogP contribution in [0.3, 0.4) is 0 Å². The summed E-state index contributed by atoms with van der Waals surface area (Å²) in [5.74, 6) is 1.09. The summed E-state index contributed by atoms with van der Waals surface area (Å²) < 4.78 is 11.1. The molecule has 2 fully saturated rings. The number of carbonyl (C=O) groups excluding carboxylic acids is 1. The van der Waals surface area contributed by atoms with E-state index >= 15 is 0 Å². The lowest BCUT2D eigenvalue weighted by Gasteiger charge is -2.31. The fourth-order valence-corrected chi connectivity index (χ4v) is 2.93. The van der Waals surface area contributed by atoms with Crippen molar-refractivity contribution >= 4 is 5.91 Å². The van der Waals surface area contributed by atoms with Crippen molar-refractivity contribution in [2.45, 2.75) is 31.8 Å². The number of ether oxygens (including phenoxy) is 1. The van der Waals surface area contributed by atoms with Crippen LogP contribution >= 0.6 is 0 Å². The van der Waals surface area contributed by atoms with Gasteiger partial charge in [0.1, 0.15) is 0 Å². The average molecular weight is 327 g/mol. The fourth-order valence-electron chi connectivity index (χ4n) is 2.93. The SMILES string of the molecule is O=C(c1nc(-c2ccccc2)no1)N1CCC(OCC2CC2)CC1. The summed E-state index contributed by atoms with van der Waals surface area (Å²) in [7, 11) is 0. The quantitative estimate of drug-likeness (QED) is 0.844. The van der Waals surface area contributed by atoms with Crippen molar-refractivity contribution in [3.63, 3.8) is 0 Å². The number of carbonyl (C=O) groups is 1. The summed E-state index contributed by atoms with van der Waals surface area (Å²) in [6.07, 6.45) is 4.63. The number of hydrogen-bond donors (Lipinski definition) is 0. The van der Waals surface area contributed by atoms with E-state index in [9.17, 15) is 4.79 Å². The molecule has 0 radical (unpaired) electrons. The topological polar surface area (TPSA) is 68.5 Å². The van der Waals surface area contributed by atoms with Crippen LogP contribution in [0.4, 0.5) is 0 Å². The van der Waals surface area contributed by atoms with E-state index in [1.54, 1.807) is 4.90 Å². The lowest BCUT2D eigenvalue weighted by molar-refractivity contribution is 0.00301. The molecule has 4 rings (SSSR count). The molecule has 1 aromatic carbocycles. The normalized spacial score (nSPS) is 18.8. The molecule has 1 saturated heterocycles. The Morgan fingerprint density at radius 3 is 2.62 bits per heavy atom. The van der Waals surface area contributed by atoms with E-state index in [4.69, 9.17) is 9.26 Å². The highest BCUT2D eigenvalue weighted by atomic mass is 16.5. The lowest BCUT2D eigenvalue weighted by Crippen LogP contribution is -2.41. The number of benzene rings is 1. The summed E-state index contributed by atoms with van der Waals surface area (Å²) in [6.45, 7) is 2.23. The number of nitrogens with zero attached hydrogens (tertiary/aromatic N) is 3. The fraction of sp³-hybridized carbons (Fsp3) is 0.500. The predicted octanol–water partition coefficient (Wildman–Crippen LogP) is 2.77. The number of likely N-dealkylation sites (tertiary alicyclic amines) is 1. The van der Waals surface area contributed by atoms with Crippen LogP contribution in [-0.4, -0.2) is 46.7 Å². The minimum atomic E-state index is -0.190. The Morgan fingerprint density at radius 2 is 1.92 bits per heavy atom. The molecule has 6 heteroatoms. The molecule has 1 aliphatic heterocycles. The zero-order valence-corrected chi connectivity index (χ0v) is 13.6. The van der Waals surface area contributed by atoms with E-state index < -0.39 is 0 Å². The van der Waals surface area contributed by atoms with Gasteiger partial charge in [-0.05, 0) is 31.6 Å². The Bertz CT molecular complexity index is 689. The number of piperidine rings is 1. The Hall–Kier alpha value is -2.21. The van der Waals surface area contributed by atoms with Gasteiger partial charge in [-0.3, -0.25) is 4.79 Å². The Balaban J connectivity index is 1.34. The third-order valence-corrected chi connectivity index (χ3v) is 4.63. The van der Waals surface area contributed by atoms with E-state index in [2.05, 4.69) is 10.1 Å². The lowest BCUT2D eigenvalue weighted by atomic mass is 10.1. The first kappa shape index (κ1) is 15.3. The van der Waals surface area contributed by atoms with Crippen LogP contribution < -0.4 is 0 Å². The largest absolute Gasteiger partial charge is 0.378 e. The Labute approximate surface area is 140 Å². The molecule has 2 aromatic rings. The van der Waals surface area contributed by atoms with Gasteiger partial charge >= 0.3 is 11.8 Å². The third kappa shape index (κ3) is 3.48. The Morgan fingerprint density at radius 1 is 1.17 bits per heavy atom. The molecule has 2 aliphatic rings. The minimum Gasteiger partial charge on any atom is -0.378 e. The van der Waals surface area contributed by atoms with E-state index in [-0.39, 0.29) is 17.9 Å². The Kier molecular flexibility index (Phi) is 4.30. The molecule has 0 spiro atoms. The van der Waals surface area contributed by atoms with Crippen LogP contribution in [-0.2, 0) is 4.74 Å². The zero-order valence-electron chi connectivity index (χ0n) is 13.6. The molecular weight excluding hydrogens is 306 g/mol. The maximum atomic E-state index is 12.5. The molecular formula is C18H21N3O3. The van der Waals surface area contributed by atoms with Crippen molar-refractivity contribution in [2.24, 2.45) is 5.92 Å². The van der Waals surface area contributed by atoms with Gasteiger partial charge in [0.25, 0.3) is 0 Å². The summed E-state index contributed by atoms with van der Waals surface area (Å²) in [6, 6.07) is 9.51. The minimum absolute atomic E-state index is 0.0613. The third-order valence-electron chi connectivity index (χ3n) is 4.63. The van der Waals surface area contributed by atoms with Crippen molar-refractivity contribution in [1.82, 2.24) is 15.0 Å². The maximum absolute atomic E-state index is 12.5. The molecule has 24 heavy (non-hydrogen) atoms. The first-order valence-electron chi connectivity index (χ1n) is 8.59. The average Bonchev–Trinajstić information content (AvgIpc) is 3.34. The second-order valence-corrected chi connectivity index (χ2v) is 6.56. The highest BCUT2D eigenvalue weighted by Crippen LogP contribution is 2.30. The molecule has 6 nitrogen and oxygen atoms in total. The number of aromatic nitrogens is 2. The van der Waals surface area contributed by atoms with Crippen molar-refractivity contribution in [1.29, 1.82) is 0 Å². The van der Waals surface area contributed by atoms with Crippen LogP contribution in [0.1, 0.15) is 36.4 Å². The van der Waals surface area contributed by atoms with Gasteiger partial charge in [-0.15, -0.1) is 0 Å². The van der Waals surface area contributed by atoms with Gasteiger partial charge in [-0.1, -0.05) is 35.5 Å². The summed E-state index contributed by atoms with van der Waals surface area (Å²) in [5.41, 5.74) is 0.840. The molecule has 1 saturated carbocycles. The van der Waals surface area contributed by atoms with Crippen molar-refractivity contribution in [3.8, 4) is 11.4 Å². The first-order chi connectivity index (χ1) is 11.8. The number of rotatable bonds is 5. The van der Waals surface area contributed by atoms with Crippen molar-refractivity contribution < 1.29 is 14.1 Å². The van der Waals surface area contributed by atoms with E-state index in [1.807, 2.05) is 30.3 Å². The van der Waals surface area contributed by atoms with E-state index in [0.29, 0.717) is 18.9 Å². The summed E-state index contributed by atoms with van der Waals surface area (Å²) >= 11 is 0. The van der Waals surface area contributed by atoms with Crippen molar-refractivity contribution in [3.05, 3.63) is 36.2 Å². The second kappa shape index (κ2) is 6.73. The van der Waals surface area contributed by atoms with Crippen LogP contribution in [0.15, 0.2) is 34.9 Å². The smallest absolute Gasteiger partial charge is 0.316 e. The monoisotopic (exact) mass is 327 g/mol. The molecule has 126 valence electrons. The van der Waals surface area contributed by atoms with Crippen molar-refractivity contribution in [2.75, 3.05) is 19.7 Å². The van der Waals surface area contributed by atoms with Gasteiger partial charge in [0.2, 0.25) is 5.82 Å². The van der Waals surface area contributed by atoms with Crippen LogP contribution in [0.2, 0.25) is 0 Å². The van der Waals surface area contributed by atoms with Crippen LogP contribution in [0, 0.1) is 5.92 Å². The molecule has 0 atom stereocenters. The molecule has 0 unspecified atom stereocenters. The predicted molar refractivity (Wildman–Crippen MR) is 87.3 cm³/mol. The van der Waals surface area contributed by atoms with E-state index in [0.717, 1.165) is 30.9 Å².